The quantitative estimate of drug-likeness (QED) is 0.800. The minimum Gasteiger partial charge on any atom is -0.364 e. The molecular weight excluding hydrogens is 318 g/mol. The topological polar surface area (TPSA) is 44.4 Å². The number of amides is 1. The summed E-state index contributed by atoms with van der Waals surface area (Å²) in [6.45, 7) is 3.87. The van der Waals surface area contributed by atoms with Crippen LogP contribution in [0, 0.1) is 0 Å². The van der Waals surface area contributed by atoms with Crippen LogP contribution in [-0.2, 0) is 11.3 Å². The Bertz CT molecular complexity index is 474. The Labute approximate surface area is 129 Å². The van der Waals surface area contributed by atoms with Gasteiger partial charge in [0.1, 0.15) is 0 Å². The van der Waals surface area contributed by atoms with Gasteiger partial charge in [-0.2, -0.15) is 0 Å². The van der Waals surface area contributed by atoms with E-state index in [2.05, 4.69) is 44.8 Å². The van der Waals surface area contributed by atoms with E-state index in [0.29, 0.717) is 19.1 Å². The number of carbonyl (C=O) groups excluding carboxylic acids is 1. The Morgan fingerprint density at radius 3 is 2.80 bits per heavy atom. The summed E-state index contributed by atoms with van der Waals surface area (Å²) in [6, 6.07) is 7.02. The van der Waals surface area contributed by atoms with Crippen molar-refractivity contribution in [3.8, 4) is 0 Å². The zero-order valence-electron chi connectivity index (χ0n) is 12.1. The van der Waals surface area contributed by atoms with E-state index in [4.69, 9.17) is 0 Å². The fraction of sp³-hybridized carbons (Fsp3) is 0.533. The molecule has 1 aliphatic carbocycles. The average molecular weight is 340 g/mol. The molecule has 0 atom stereocenters. The highest BCUT2D eigenvalue weighted by molar-refractivity contribution is 9.10. The van der Waals surface area contributed by atoms with Crippen molar-refractivity contribution in [2.24, 2.45) is 0 Å². The van der Waals surface area contributed by atoms with Crippen LogP contribution in [0.4, 0.5) is 5.69 Å². The third-order valence-electron chi connectivity index (χ3n) is 3.35. The second kappa shape index (κ2) is 7.09. The van der Waals surface area contributed by atoms with Gasteiger partial charge in [0.15, 0.2) is 0 Å². The zero-order chi connectivity index (χ0) is 14.5. The number of hydrogen-bond donors (Lipinski definition) is 2. The van der Waals surface area contributed by atoms with Gasteiger partial charge in [-0.1, -0.05) is 6.07 Å². The number of nitrogens with one attached hydrogen (secondary N) is 2. The number of halogens is 1. The summed E-state index contributed by atoms with van der Waals surface area (Å²) in [5, 5.41) is 6.31. The molecule has 1 amide bonds. The second-order valence-corrected chi connectivity index (χ2v) is 6.10. The van der Waals surface area contributed by atoms with E-state index in [9.17, 15) is 4.79 Å². The lowest BCUT2D eigenvalue weighted by Gasteiger charge is -2.20. The highest BCUT2D eigenvalue weighted by Gasteiger charge is 2.20. The third kappa shape index (κ3) is 4.49. The molecule has 1 aromatic rings. The smallest absolute Gasteiger partial charge is 0.239 e. The summed E-state index contributed by atoms with van der Waals surface area (Å²) in [6.07, 6.45) is 2.60. The molecule has 5 heteroatoms. The fourth-order valence-corrected chi connectivity index (χ4v) is 2.80. The SMILES string of the molecule is CCNC(=O)CN(C)c1ccc(CNC2CC2)cc1Br. The van der Waals surface area contributed by atoms with Crippen LogP contribution in [0.3, 0.4) is 0 Å². The van der Waals surface area contributed by atoms with Gasteiger partial charge in [0.2, 0.25) is 5.91 Å². The summed E-state index contributed by atoms with van der Waals surface area (Å²) in [5.41, 5.74) is 2.30. The summed E-state index contributed by atoms with van der Waals surface area (Å²) in [4.78, 5) is 13.6. The number of carbonyl (C=O) groups is 1. The van der Waals surface area contributed by atoms with E-state index in [1.807, 2.05) is 18.9 Å². The van der Waals surface area contributed by atoms with Gasteiger partial charge in [0, 0.05) is 30.7 Å². The predicted molar refractivity (Wildman–Crippen MR) is 86.0 cm³/mol. The molecule has 0 unspecified atom stereocenters. The van der Waals surface area contributed by atoms with E-state index >= 15 is 0 Å². The Hall–Kier alpha value is -1.07. The third-order valence-corrected chi connectivity index (χ3v) is 3.99. The number of rotatable bonds is 7. The van der Waals surface area contributed by atoms with Crippen molar-refractivity contribution in [2.75, 3.05) is 25.0 Å². The zero-order valence-corrected chi connectivity index (χ0v) is 13.7. The maximum absolute atomic E-state index is 11.6. The van der Waals surface area contributed by atoms with Crippen LogP contribution in [0.1, 0.15) is 25.3 Å². The van der Waals surface area contributed by atoms with Crippen LogP contribution in [0.25, 0.3) is 0 Å². The van der Waals surface area contributed by atoms with Crippen LogP contribution in [0.2, 0.25) is 0 Å². The second-order valence-electron chi connectivity index (χ2n) is 5.25. The minimum atomic E-state index is 0.0429. The molecule has 0 aromatic heterocycles. The van der Waals surface area contributed by atoms with E-state index in [1.54, 1.807) is 0 Å². The maximum atomic E-state index is 11.6. The molecule has 2 N–H and O–H groups in total. The molecule has 0 radical (unpaired) electrons. The molecule has 20 heavy (non-hydrogen) atoms. The van der Waals surface area contributed by atoms with Crippen molar-refractivity contribution in [3.63, 3.8) is 0 Å². The molecule has 0 saturated heterocycles. The molecule has 110 valence electrons. The summed E-state index contributed by atoms with van der Waals surface area (Å²) in [5.74, 6) is 0.0429. The highest BCUT2D eigenvalue weighted by Crippen LogP contribution is 2.27. The number of benzene rings is 1. The first-order valence-corrected chi connectivity index (χ1v) is 7.89. The lowest BCUT2D eigenvalue weighted by Crippen LogP contribution is -2.35. The molecule has 2 rings (SSSR count). The molecule has 1 aromatic carbocycles. The normalized spacial score (nSPS) is 14.2. The maximum Gasteiger partial charge on any atom is 0.239 e. The Balaban J connectivity index is 1.94. The lowest BCUT2D eigenvalue weighted by atomic mass is 10.2. The van der Waals surface area contributed by atoms with Gasteiger partial charge in [0.05, 0.1) is 12.2 Å². The summed E-state index contributed by atoms with van der Waals surface area (Å²) < 4.78 is 1.03. The largest absolute Gasteiger partial charge is 0.364 e. The van der Waals surface area contributed by atoms with Crippen LogP contribution >= 0.6 is 15.9 Å². The standard InChI is InChI=1S/C15H22BrN3O/c1-3-17-15(20)10-19(2)14-7-4-11(8-13(14)16)9-18-12-5-6-12/h4,7-8,12,18H,3,5-6,9-10H2,1-2H3,(H,17,20). The lowest BCUT2D eigenvalue weighted by molar-refractivity contribution is -0.119. The Morgan fingerprint density at radius 2 is 2.20 bits per heavy atom. The molecule has 4 nitrogen and oxygen atoms in total. The Morgan fingerprint density at radius 1 is 1.45 bits per heavy atom. The van der Waals surface area contributed by atoms with Gasteiger partial charge in [-0.25, -0.2) is 0 Å². The van der Waals surface area contributed by atoms with Crippen LogP contribution < -0.4 is 15.5 Å². The van der Waals surface area contributed by atoms with Crippen LogP contribution in [-0.4, -0.2) is 32.1 Å². The highest BCUT2D eigenvalue weighted by atomic mass is 79.9. The van der Waals surface area contributed by atoms with Gasteiger partial charge in [-0.15, -0.1) is 0 Å². The van der Waals surface area contributed by atoms with Gasteiger partial charge in [0.25, 0.3) is 0 Å². The molecule has 1 saturated carbocycles. The van der Waals surface area contributed by atoms with Crippen LogP contribution in [0.5, 0.6) is 0 Å². The van der Waals surface area contributed by atoms with E-state index in [-0.39, 0.29) is 5.91 Å². The van der Waals surface area contributed by atoms with E-state index < -0.39 is 0 Å². The van der Waals surface area contributed by atoms with Crippen molar-refractivity contribution < 1.29 is 4.79 Å². The predicted octanol–water partition coefficient (Wildman–Crippen LogP) is 2.27. The van der Waals surface area contributed by atoms with E-state index in [1.165, 1.54) is 18.4 Å². The average Bonchev–Trinajstić information content (AvgIpc) is 3.20. The van der Waals surface area contributed by atoms with Gasteiger partial charge in [-0.3, -0.25) is 4.79 Å². The number of likely N-dealkylation sites (N-methyl/N-ethyl adjacent to an activating group) is 2. The first-order chi connectivity index (χ1) is 9.60. The first-order valence-electron chi connectivity index (χ1n) is 7.09. The van der Waals surface area contributed by atoms with Gasteiger partial charge < -0.3 is 15.5 Å². The summed E-state index contributed by atoms with van der Waals surface area (Å²) in [7, 11) is 1.93. The Kier molecular flexibility index (Phi) is 5.43. The minimum absolute atomic E-state index is 0.0429. The monoisotopic (exact) mass is 339 g/mol. The molecule has 0 bridgehead atoms. The molecule has 1 fully saturated rings. The van der Waals surface area contributed by atoms with Crippen molar-refractivity contribution in [1.29, 1.82) is 0 Å². The van der Waals surface area contributed by atoms with Crippen molar-refractivity contribution in [3.05, 3.63) is 28.2 Å². The number of nitrogens with zero attached hydrogens (tertiary/aromatic N) is 1. The first kappa shape index (κ1) is 15.3. The number of hydrogen-bond acceptors (Lipinski definition) is 3. The fourth-order valence-electron chi connectivity index (χ4n) is 2.07. The molecule has 0 aliphatic heterocycles. The molecule has 0 heterocycles. The molecule has 1 aliphatic rings. The molecular formula is C15H22BrN3O. The van der Waals surface area contributed by atoms with Gasteiger partial charge >= 0.3 is 0 Å². The van der Waals surface area contributed by atoms with Crippen molar-refractivity contribution in [2.45, 2.75) is 32.4 Å². The van der Waals surface area contributed by atoms with Crippen molar-refractivity contribution >= 4 is 27.5 Å². The van der Waals surface area contributed by atoms with Crippen LogP contribution in [0.15, 0.2) is 22.7 Å². The van der Waals surface area contributed by atoms with Gasteiger partial charge in [-0.05, 0) is 53.4 Å². The van der Waals surface area contributed by atoms with E-state index in [0.717, 1.165) is 16.7 Å². The molecule has 0 spiro atoms. The summed E-state index contributed by atoms with van der Waals surface area (Å²) >= 11 is 3.60. The van der Waals surface area contributed by atoms with Crippen molar-refractivity contribution in [1.82, 2.24) is 10.6 Å². The number of anilines is 1.